The summed E-state index contributed by atoms with van der Waals surface area (Å²) < 4.78 is 0. The number of likely N-dealkylation sites (tertiary alicyclic amines) is 1. The number of benzene rings is 1. The number of nitrogens with two attached hydrogens (primary N) is 2. The Hall–Kier alpha value is -2.90. The zero-order valence-electron chi connectivity index (χ0n) is 17.9. The quantitative estimate of drug-likeness (QED) is 0.351. The van der Waals surface area contributed by atoms with E-state index < -0.39 is 6.04 Å². The van der Waals surface area contributed by atoms with Gasteiger partial charge in [0.25, 0.3) is 0 Å². The molecule has 2 aliphatic rings. The first-order chi connectivity index (χ1) is 14.9. The molecule has 6 N–H and O–H groups in total. The summed E-state index contributed by atoms with van der Waals surface area (Å²) in [6, 6.07) is 6.68. The Kier molecular flexibility index (Phi) is 7.65. The molecule has 0 bridgehead atoms. The summed E-state index contributed by atoms with van der Waals surface area (Å²) in [4.78, 5) is 39.0. The Morgan fingerprint density at radius 2 is 1.74 bits per heavy atom. The van der Waals surface area contributed by atoms with Crippen LogP contribution in [-0.2, 0) is 20.9 Å². The van der Waals surface area contributed by atoms with E-state index in [1.54, 1.807) is 17.0 Å². The van der Waals surface area contributed by atoms with Gasteiger partial charge in [-0.3, -0.25) is 19.8 Å². The molecule has 1 aliphatic carbocycles. The van der Waals surface area contributed by atoms with Gasteiger partial charge in [-0.1, -0.05) is 43.5 Å². The van der Waals surface area contributed by atoms with Gasteiger partial charge in [-0.05, 0) is 37.2 Å². The molecule has 0 unspecified atom stereocenters. The first-order valence-corrected chi connectivity index (χ1v) is 11.2. The fourth-order valence-corrected chi connectivity index (χ4v) is 4.64. The summed E-state index contributed by atoms with van der Waals surface area (Å²) in [5.41, 5.74) is 12.3. The summed E-state index contributed by atoms with van der Waals surface area (Å²) in [5, 5.41) is 10.3. The van der Waals surface area contributed by atoms with Gasteiger partial charge in [-0.2, -0.15) is 0 Å². The first-order valence-electron chi connectivity index (χ1n) is 11.2. The molecule has 1 saturated heterocycles. The van der Waals surface area contributed by atoms with Crippen LogP contribution in [0.2, 0.25) is 0 Å². The molecular formula is C23H33N5O3. The Labute approximate surface area is 183 Å². The van der Waals surface area contributed by atoms with Crippen LogP contribution in [0.5, 0.6) is 0 Å². The molecular weight excluding hydrogens is 394 g/mol. The van der Waals surface area contributed by atoms with E-state index >= 15 is 0 Å². The van der Waals surface area contributed by atoms with Crippen molar-refractivity contribution in [2.75, 3.05) is 6.54 Å². The van der Waals surface area contributed by atoms with Gasteiger partial charge in [-0.15, -0.1) is 0 Å². The maximum atomic E-state index is 13.3. The van der Waals surface area contributed by atoms with Gasteiger partial charge in [0.2, 0.25) is 17.7 Å². The minimum absolute atomic E-state index is 0.00284. The summed E-state index contributed by atoms with van der Waals surface area (Å²) >= 11 is 0. The number of carbonyl (C=O) groups excluding carboxylic acids is 3. The second kappa shape index (κ2) is 10.4. The Morgan fingerprint density at radius 1 is 1.06 bits per heavy atom. The molecule has 0 spiro atoms. The minimum atomic E-state index is -0.455. The van der Waals surface area contributed by atoms with Crippen molar-refractivity contribution in [3.63, 3.8) is 0 Å². The van der Waals surface area contributed by atoms with Crippen LogP contribution in [0.3, 0.4) is 0 Å². The lowest BCUT2D eigenvalue weighted by molar-refractivity contribution is -0.152. The predicted octanol–water partition coefficient (Wildman–Crippen LogP) is 1.65. The fraction of sp³-hybridized carbons (Fsp3) is 0.565. The lowest BCUT2D eigenvalue weighted by Crippen LogP contribution is -2.60. The third-order valence-corrected chi connectivity index (χ3v) is 6.57. The third-order valence-electron chi connectivity index (χ3n) is 6.57. The number of primary amides is 1. The highest BCUT2D eigenvalue weighted by molar-refractivity contribution is 5.95. The van der Waals surface area contributed by atoms with E-state index in [-0.39, 0.29) is 41.8 Å². The van der Waals surface area contributed by atoms with Crippen LogP contribution in [0, 0.1) is 17.2 Å². The van der Waals surface area contributed by atoms with Crippen LogP contribution in [0.25, 0.3) is 0 Å². The number of nitrogen functional groups attached to an aromatic ring is 1. The SMILES string of the molecule is N=C(N)c1ccc(CNC(=O)[C@@H]2CCN2C(=O)[C@H](CCC(N)=O)C2CCCCC2)cc1. The molecule has 1 aromatic rings. The van der Waals surface area contributed by atoms with Crippen LogP contribution in [-0.4, -0.2) is 41.0 Å². The van der Waals surface area contributed by atoms with E-state index in [1.165, 1.54) is 6.42 Å². The van der Waals surface area contributed by atoms with E-state index in [1.807, 2.05) is 12.1 Å². The van der Waals surface area contributed by atoms with Crippen LogP contribution < -0.4 is 16.8 Å². The van der Waals surface area contributed by atoms with E-state index in [9.17, 15) is 14.4 Å². The zero-order valence-corrected chi connectivity index (χ0v) is 17.9. The van der Waals surface area contributed by atoms with Crippen molar-refractivity contribution >= 4 is 23.6 Å². The number of rotatable bonds is 9. The molecule has 0 radical (unpaired) electrons. The van der Waals surface area contributed by atoms with Gasteiger partial charge >= 0.3 is 0 Å². The highest BCUT2D eigenvalue weighted by atomic mass is 16.2. The molecule has 2 atom stereocenters. The first kappa shape index (κ1) is 22.8. The molecule has 0 aromatic heterocycles. The molecule has 1 aromatic carbocycles. The number of amides is 3. The number of hydrogen-bond acceptors (Lipinski definition) is 4. The summed E-state index contributed by atoms with van der Waals surface area (Å²) in [5.74, 6) is -0.518. The minimum Gasteiger partial charge on any atom is -0.384 e. The van der Waals surface area contributed by atoms with E-state index in [0.29, 0.717) is 31.5 Å². The molecule has 3 amide bonds. The molecule has 1 saturated carbocycles. The molecule has 8 heteroatoms. The number of carbonyl (C=O) groups is 3. The lowest BCUT2D eigenvalue weighted by Gasteiger charge is -2.43. The highest BCUT2D eigenvalue weighted by Crippen LogP contribution is 2.35. The van der Waals surface area contributed by atoms with Crippen molar-refractivity contribution in [2.45, 2.75) is 64.0 Å². The zero-order chi connectivity index (χ0) is 22.4. The van der Waals surface area contributed by atoms with Crippen LogP contribution in [0.4, 0.5) is 0 Å². The molecule has 2 fully saturated rings. The van der Waals surface area contributed by atoms with E-state index in [2.05, 4.69) is 5.32 Å². The van der Waals surface area contributed by atoms with Gasteiger partial charge in [0.05, 0.1) is 0 Å². The molecule has 1 aliphatic heterocycles. The number of amidine groups is 1. The van der Waals surface area contributed by atoms with Crippen molar-refractivity contribution in [3.8, 4) is 0 Å². The molecule has 3 rings (SSSR count). The maximum absolute atomic E-state index is 13.3. The van der Waals surface area contributed by atoms with Gasteiger partial charge in [0.1, 0.15) is 11.9 Å². The normalized spacial score (nSPS) is 19.9. The Bertz CT molecular complexity index is 817. The van der Waals surface area contributed by atoms with Gasteiger partial charge < -0.3 is 21.7 Å². The van der Waals surface area contributed by atoms with E-state index in [4.69, 9.17) is 16.9 Å². The fourth-order valence-electron chi connectivity index (χ4n) is 4.64. The van der Waals surface area contributed by atoms with Gasteiger partial charge in [-0.25, -0.2) is 0 Å². The largest absolute Gasteiger partial charge is 0.384 e. The van der Waals surface area contributed by atoms with Gasteiger partial charge in [0.15, 0.2) is 0 Å². The number of nitrogens with one attached hydrogen (secondary N) is 2. The molecule has 1 heterocycles. The van der Waals surface area contributed by atoms with Gasteiger partial charge in [0, 0.05) is 31.0 Å². The predicted molar refractivity (Wildman–Crippen MR) is 118 cm³/mol. The number of nitrogens with zero attached hydrogens (tertiary/aromatic N) is 1. The second-order valence-corrected chi connectivity index (χ2v) is 8.67. The lowest BCUT2D eigenvalue weighted by atomic mass is 9.76. The summed E-state index contributed by atoms with van der Waals surface area (Å²) in [6.45, 7) is 0.924. The summed E-state index contributed by atoms with van der Waals surface area (Å²) in [6.07, 6.45) is 6.71. The average Bonchev–Trinajstić information content (AvgIpc) is 2.72. The monoisotopic (exact) mass is 427 g/mol. The second-order valence-electron chi connectivity index (χ2n) is 8.67. The van der Waals surface area contributed by atoms with Crippen molar-refractivity contribution in [3.05, 3.63) is 35.4 Å². The van der Waals surface area contributed by atoms with Crippen molar-refractivity contribution in [2.24, 2.45) is 23.3 Å². The summed E-state index contributed by atoms with van der Waals surface area (Å²) in [7, 11) is 0. The van der Waals surface area contributed by atoms with Crippen LogP contribution >= 0.6 is 0 Å². The van der Waals surface area contributed by atoms with Crippen LogP contribution in [0.15, 0.2) is 24.3 Å². The topological polar surface area (TPSA) is 142 Å². The Balaban J connectivity index is 1.58. The average molecular weight is 428 g/mol. The molecule has 31 heavy (non-hydrogen) atoms. The van der Waals surface area contributed by atoms with Crippen molar-refractivity contribution in [1.82, 2.24) is 10.2 Å². The smallest absolute Gasteiger partial charge is 0.243 e. The highest BCUT2D eigenvalue weighted by Gasteiger charge is 2.42. The van der Waals surface area contributed by atoms with Crippen molar-refractivity contribution in [1.29, 1.82) is 5.41 Å². The van der Waals surface area contributed by atoms with Crippen molar-refractivity contribution < 1.29 is 14.4 Å². The Morgan fingerprint density at radius 3 is 2.29 bits per heavy atom. The third kappa shape index (κ3) is 5.83. The molecule has 8 nitrogen and oxygen atoms in total. The standard InChI is InChI=1S/C23H33N5O3/c24-20(29)11-10-18(16-4-2-1-3-5-16)23(31)28-13-12-19(28)22(30)27-14-15-6-8-17(9-7-15)21(25)26/h6-9,16,18-19H,1-5,10-14H2,(H2,24,29)(H3,25,26)(H,27,30)/t18-,19+/m1/s1. The van der Waals surface area contributed by atoms with E-state index in [0.717, 1.165) is 31.2 Å². The maximum Gasteiger partial charge on any atom is 0.243 e. The number of hydrogen-bond donors (Lipinski definition) is 4. The molecule has 168 valence electrons. The van der Waals surface area contributed by atoms with Crippen LogP contribution in [0.1, 0.15) is 62.5 Å².